The van der Waals surface area contributed by atoms with Crippen LogP contribution < -0.4 is 0 Å². The highest BCUT2D eigenvalue weighted by Gasteiger charge is 2.46. The molecule has 5 atom stereocenters. The van der Waals surface area contributed by atoms with Gasteiger partial charge in [-0.3, -0.25) is 9.59 Å². The molecule has 2 aliphatic carbocycles. The van der Waals surface area contributed by atoms with Crippen molar-refractivity contribution in [1.29, 1.82) is 0 Å². The van der Waals surface area contributed by atoms with E-state index in [0.29, 0.717) is 12.0 Å². The number of aliphatic carboxylic acids is 1. The van der Waals surface area contributed by atoms with Gasteiger partial charge >= 0.3 is 11.9 Å². The number of unbranched alkanes of at least 4 members (excludes halogenated alkanes) is 3. The van der Waals surface area contributed by atoms with E-state index in [-0.39, 0.29) is 59.9 Å². The van der Waals surface area contributed by atoms with Gasteiger partial charge in [0.05, 0.1) is 12.2 Å². The normalized spacial score (nSPS) is 28.7. The molecule has 0 saturated heterocycles. The maximum absolute atomic E-state index is 12.5. The van der Waals surface area contributed by atoms with E-state index in [2.05, 4.69) is 0 Å². The molecule has 176 valence electrons. The molecule has 0 aromatic heterocycles. The van der Waals surface area contributed by atoms with Gasteiger partial charge in [-0.1, -0.05) is 47.0 Å². The van der Waals surface area contributed by atoms with Crippen LogP contribution in [-0.2, 0) is 14.3 Å². The lowest BCUT2D eigenvalue weighted by molar-refractivity contribution is -0.157. The summed E-state index contributed by atoms with van der Waals surface area (Å²) in [6.07, 6.45) is 4.27. The Labute approximate surface area is 184 Å². The van der Waals surface area contributed by atoms with Gasteiger partial charge in [0.2, 0.25) is 0 Å². The van der Waals surface area contributed by atoms with Gasteiger partial charge in [0.1, 0.15) is 18.0 Å². The Hall–Kier alpha value is -2.02. The van der Waals surface area contributed by atoms with Crippen molar-refractivity contribution in [2.75, 3.05) is 0 Å². The highest BCUT2D eigenvalue weighted by atomic mass is 16.5. The summed E-state index contributed by atoms with van der Waals surface area (Å²) in [5.74, 6) is -1.63. The van der Waals surface area contributed by atoms with Crippen LogP contribution >= 0.6 is 0 Å². The molecular weight excluding hydrogens is 400 g/mol. The number of allylic oxidation sites excluding steroid dienone is 2. The Balaban J connectivity index is 2.16. The minimum atomic E-state index is -1.13. The van der Waals surface area contributed by atoms with Crippen molar-refractivity contribution in [3.8, 4) is 0 Å². The largest absolute Gasteiger partial charge is 0.512 e. The quantitative estimate of drug-likeness (QED) is 0.305. The maximum Gasteiger partial charge on any atom is 0.306 e. The van der Waals surface area contributed by atoms with Crippen LogP contribution in [0.1, 0.15) is 79.1 Å². The first-order valence-electron chi connectivity index (χ1n) is 11.3. The Bertz CT molecular complexity index is 716. The zero-order chi connectivity index (χ0) is 23.3. The van der Waals surface area contributed by atoms with E-state index in [4.69, 9.17) is 9.84 Å². The third-order valence-electron chi connectivity index (χ3n) is 6.34. The lowest BCUT2D eigenvalue weighted by Crippen LogP contribution is -2.45. The second-order valence-electron chi connectivity index (χ2n) is 10.3. The summed E-state index contributed by atoms with van der Waals surface area (Å²) in [6, 6.07) is 0. The summed E-state index contributed by atoms with van der Waals surface area (Å²) < 4.78 is 5.82. The molecule has 0 bridgehead atoms. The average Bonchev–Trinajstić information content (AvgIpc) is 2.63. The second-order valence-corrected chi connectivity index (χ2v) is 10.3. The highest BCUT2D eigenvalue weighted by Crippen LogP contribution is 2.47. The summed E-state index contributed by atoms with van der Waals surface area (Å²) in [5.41, 5.74) is 0.234. The Morgan fingerprint density at radius 3 is 2.39 bits per heavy atom. The van der Waals surface area contributed by atoms with E-state index in [1.807, 2.05) is 27.7 Å². The predicted molar refractivity (Wildman–Crippen MR) is 116 cm³/mol. The van der Waals surface area contributed by atoms with Crippen molar-refractivity contribution in [2.24, 2.45) is 23.2 Å². The molecular formula is C24H38O7. The lowest BCUT2D eigenvalue weighted by atomic mass is 9.65. The number of aliphatic hydroxyl groups excluding tert-OH is 3. The minimum Gasteiger partial charge on any atom is -0.512 e. The van der Waals surface area contributed by atoms with Crippen LogP contribution in [0.15, 0.2) is 23.2 Å². The van der Waals surface area contributed by atoms with E-state index in [1.54, 1.807) is 0 Å². The fourth-order valence-corrected chi connectivity index (χ4v) is 4.74. The maximum atomic E-state index is 12.5. The van der Waals surface area contributed by atoms with Gasteiger partial charge in [-0.05, 0) is 30.3 Å². The summed E-state index contributed by atoms with van der Waals surface area (Å²) in [4.78, 5) is 23.2. The van der Waals surface area contributed by atoms with Crippen LogP contribution in [0.5, 0.6) is 0 Å². The standard InChI is InChI=1S/C24H38O7/c1-14-15(9-7-5-6-8-10-20(27)28)22-16(11-17(14)25)23(30)18(26)12-19(22)31-21(29)13-24(2,3)4/h11,14-15,18-19,22,25-26,30H,5-10,12-13H2,1-4H3,(H,27,28)/t14-,15+,18-,19-,22+/m0/s1. The fraction of sp³-hybridized carbons (Fsp3) is 0.750. The van der Waals surface area contributed by atoms with Crippen molar-refractivity contribution in [1.82, 2.24) is 0 Å². The summed E-state index contributed by atoms with van der Waals surface area (Å²) in [6.45, 7) is 7.79. The molecule has 0 aromatic rings. The van der Waals surface area contributed by atoms with Gasteiger partial charge in [-0.15, -0.1) is 0 Å². The molecule has 31 heavy (non-hydrogen) atoms. The van der Waals surface area contributed by atoms with Crippen LogP contribution in [-0.4, -0.2) is 44.6 Å². The first-order chi connectivity index (χ1) is 14.4. The Morgan fingerprint density at radius 1 is 1.13 bits per heavy atom. The number of esters is 1. The molecule has 0 aliphatic heterocycles. The smallest absolute Gasteiger partial charge is 0.306 e. The molecule has 0 spiro atoms. The molecule has 0 radical (unpaired) electrons. The molecule has 7 heteroatoms. The number of ether oxygens (including phenoxy) is 1. The number of rotatable bonds is 9. The van der Waals surface area contributed by atoms with Crippen molar-refractivity contribution in [3.63, 3.8) is 0 Å². The van der Waals surface area contributed by atoms with Gasteiger partial charge < -0.3 is 25.2 Å². The number of carboxylic acids is 1. The fourth-order valence-electron chi connectivity index (χ4n) is 4.74. The van der Waals surface area contributed by atoms with E-state index in [0.717, 1.165) is 25.7 Å². The van der Waals surface area contributed by atoms with Gasteiger partial charge in [0.15, 0.2) is 0 Å². The van der Waals surface area contributed by atoms with Gasteiger partial charge in [-0.2, -0.15) is 0 Å². The first-order valence-corrected chi connectivity index (χ1v) is 11.3. The molecule has 2 rings (SSSR count). The van der Waals surface area contributed by atoms with Crippen LogP contribution in [0, 0.1) is 23.2 Å². The van der Waals surface area contributed by atoms with E-state index in [1.165, 1.54) is 6.08 Å². The molecule has 2 aliphatic rings. The first kappa shape index (κ1) is 25.2. The van der Waals surface area contributed by atoms with E-state index < -0.39 is 18.2 Å². The van der Waals surface area contributed by atoms with Crippen LogP contribution in [0.25, 0.3) is 0 Å². The third-order valence-corrected chi connectivity index (χ3v) is 6.34. The molecule has 7 nitrogen and oxygen atoms in total. The molecule has 0 saturated carbocycles. The summed E-state index contributed by atoms with van der Waals surface area (Å²) in [5, 5.41) is 40.1. The van der Waals surface area contributed by atoms with E-state index in [9.17, 15) is 24.9 Å². The zero-order valence-corrected chi connectivity index (χ0v) is 19.1. The average molecular weight is 439 g/mol. The number of carbonyl (C=O) groups is 2. The van der Waals surface area contributed by atoms with Crippen molar-refractivity contribution in [3.05, 3.63) is 23.2 Å². The molecule has 4 N–H and O–H groups in total. The second kappa shape index (κ2) is 10.5. The summed E-state index contributed by atoms with van der Waals surface area (Å²) in [7, 11) is 0. The van der Waals surface area contributed by atoms with Gasteiger partial charge in [0.25, 0.3) is 0 Å². The molecule has 0 fully saturated rings. The molecule has 0 amide bonds. The number of carboxylic acid groups (broad SMARTS) is 1. The van der Waals surface area contributed by atoms with Crippen LogP contribution in [0.4, 0.5) is 0 Å². The number of carbonyl (C=O) groups excluding carboxylic acids is 1. The number of hydrogen-bond acceptors (Lipinski definition) is 6. The SMILES string of the molecule is C[C@@H]1C(O)=CC2=C(O)[C@@H](O)C[C@H](OC(=O)CC(C)(C)C)[C@@H]2[C@@H]1CCCCCCC(=O)O. The van der Waals surface area contributed by atoms with Crippen LogP contribution in [0.3, 0.4) is 0 Å². The monoisotopic (exact) mass is 438 g/mol. The molecule has 0 unspecified atom stereocenters. The van der Waals surface area contributed by atoms with Crippen molar-refractivity contribution < 1.29 is 34.8 Å². The predicted octanol–water partition coefficient (Wildman–Crippen LogP) is 4.66. The lowest BCUT2D eigenvalue weighted by Gasteiger charge is -2.44. The highest BCUT2D eigenvalue weighted by molar-refractivity contribution is 5.70. The zero-order valence-electron chi connectivity index (χ0n) is 19.1. The van der Waals surface area contributed by atoms with Crippen molar-refractivity contribution >= 4 is 11.9 Å². The Kier molecular flexibility index (Phi) is 8.57. The number of fused-ring (bicyclic) bond motifs is 1. The van der Waals surface area contributed by atoms with Gasteiger partial charge in [0, 0.05) is 30.3 Å². The Morgan fingerprint density at radius 2 is 1.77 bits per heavy atom. The topological polar surface area (TPSA) is 124 Å². The van der Waals surface area contributed by atoms with Gasteiger partial charge in [-0.25, -0.2) is 0 Å². The van der Waals surface area contributed by atoms with Crippen LogP contribution in [0.2, 0.25) is 0 Å². The van der Waals surface area contributed by atoms with Crippen molar-refractivity contribution in [2.45, 2.75) is 91.3 Å². The minimum absolute atomic E-state index is 0.0541. The van der Waals surface area contributed by atoms with E-state index >= 15 is 0 Å². The third kappa shape index (κ3) is 6.99. The molecule has 0 heterocycles. The summed E-state index contributed by atoms with van der Waals surface area (Å²) >= 11 is 0. The number of hydrogen-bond donors (Lipinski definition) is 4. The number of aliphatic hydroxyl groups is 3. The molecule has 0 aromatic carbocycles.